The van der Waals surface area contributed by atoms with E-state index in [0.29, 0.717) is 0 Å². The molecule has 0 radical (unpaired) electrons. The molecule has 0 unspecified atom stereocenters. The lowest BCUT2D eigenvalue weighted by Crippen LogP contribution is -2.42. The summed E-state index contributed by atoms with van der Waals surface area (Å²) in [5.74, 6) is 1.73. The first-order chi connectivity index (χ1) is 10.6. The van der Waals surface area contributed by atoms with Crippen molar-refractivity contribution in [2.75, 3.05) is 13.1 Å². The van der Waals surface area contributed by atoms with Crippen LogP contribution in [0.4, 0.5) is 0 Å². The zero-order valence-corrected chi connectivity index (χ0v) is 13.5. The Morgan fingerprint density at radius 2 is 2.27 bits per heavy atom. The molecule has 5 heteroatoms. The lowest BCUT2D eigenvalue weighted by Gasteiger charge is -2.34. The molecule has 3 heterocycles. The van der Waals surface area contributed by atoms with Gasteiger partial charge in [-0.3, -0.25) is 9.48 Å². The highest BCUT2D eigenvalue weighted by Gasteiger charge is 2.29. The Morgan fingerprint density at radius 1 is 1.45 bits per heavy atom. The molecule has 1 aliphatic heterocycles. The number of amides is 1. The Balaban J connectivity index is 1.72. The normalized spacial score (nSPS) is 20.1. The first kappa shape index (κ1) is 14.9. The molecule has 2 aromatic heterocycles. The quantitative estimate of drug-likeness (QED) is 0.875. The molecule has 0 aliphatic carbocycles. The molecule has 22 heavy (non-hydrogen) atoms. The van der Waals surface area contributed by atoms with E-state index in [-0.39, 0.29) is 17.9 Å². The number of carbonyl (C=O) groups excluding carboxylic acids is 1. The van der Waals surface area contributed by atoms with Crippen LogP contribution in [0.3, 0.4) is 0 Å². The van der Waals surface area contributed by atoms with Gasteiger partial charge in [0.25, 0.3) is 0 Å². The number of likely N-dealkylation sites (tertiary alicyclic amines) is 1. The number of nitrogens with zero attached hydrogens (tertiary/aromatic N) is 3. The molecule has 1 amide bonds. The number of piperidine rings is 1. The number of carbonyl (C=O) groups is 1. The van der Waals surface area contributed by atoms with Gasteiger partial charge in [-0.05, 0) is 45.7 Å². The van der Waals surface area contributed by atoms with Gasteiger partial charge in [0.15, 0.2) is 0 Å². The van der Waals surface area contributed by atoms with Crippen LogP contribution in [0, 0.1) is 13.8 Å². The van der Waals surface area contributed by atoms with E-state index in [1.165, 1.54) is 0 Å². The molecule has 1 aliphatic rings. The van der Waals surface area contributed by atoms with Gasteiger partial charge in [-0.1, -0.05) is 0 Å². The number of hydrogen-bond acceptors (Lipinski definition) is 3. The minimum Gasteiger partial charge on any atom is -0.466 e. The zero-order valence-electron chi connectivity index (χ0n) is 13.5. The molecule has 0 N–H and O–H groups in total. The summed E-state index contributed by atoms with van der Waals surface area (Å²) in [5, 5.41) is 4.32. The highest BCUT2D eigenvalue weighted by molar-refractivity contribution is 5.83. The van der Waals surface area contributed by atoms with Crippen molar-refractivity contribution in [2.45, 2.75) is 45.6 Å². The van der Waals surface area contributed by atoms with E-state index in [2.05, 4.69) is 5.10 Å². The summed E-state index contributed by atoms with van der Waals surface area (Å²) in [6, 6.07) is 4.19. The zero-order chi connectivity index (χ0) is 15.7. The predicted octanol–water partition coefficient (Wildman–Crippen LogP) is 3.06. The van der Waals surface area contributed by atoms with Gasteiger partial charge in [-0.2, -0.15) is 5.10 Å². The van der Waals surface area contributed by atoms with Gasteiger partial charge in [0.1, 0.15) is 11.5 Å². The first-order valence-corrected chi connectivity index (χ1v) is 7.91. The molecule has 118 valence electrons. The van der Waals surface area contributed by atoms with Crippen LogP contribution in [0.1, 0.15) is 48.8 Å². The van der Waals surface area contributed by atoms with Gasteiger partial charge in [-0.15, -0.1) is 0 Å². The Kier molecular flexibility index (Phi) is 4.05. The Labute approximate surface area is 130 Å². The van der Waals surface area contributed by atoms with E-state index in [1.807, 2.05) is 48.7 Å². The SMILES string of the molecule is Cc1cc([C@@H](C)C(=O)N2CCC[C@H](n3cccn3)C2)c(C)o1. The molecule has 0 bridgehead atoms. The standard InChI is InChI=1S/C17H23N3O2/c1-12-10-16(14(3)22-12)13(2)17(21)19-8-4-6-15(11-19)20-9-5-7-18-20/h5,7,9-10,13,15H,4,6,8,11H2,1-3H3/t13-,15+/m1/s1. The van der Waals surface area contributed by atoms with Crippen LogP contribution in [0.5, 0.6) is 0 Å². The lowest BCUT2D eigenvalue weighted by molar-refractivity contribution is -0.134. The third kappa shape index (κ3) is 2.80. The van der Waals surface area contributed by atoms with Gasteiger partial charge in [-0.25, -0.2) is 0 Å². The summed E-state index contributed by atoms with van der Waals surface area (Å²) >= 11 is 0. The summed E-state index contributed by atoms with van der Waals surface area (Å²) in [5.41, 5.74) is 1.00. The Hall–Kier alpha value is -2.04. The molecule has 2 atom stereocenters. The van der Waals surface area contributed by atoms with E-state index < -0.39 is 0 Å². The molecule has 0 aromatic carbocycles. The van der Waals surface area contributed by atoms with Crippen LogP contribution in [0.25, 0.3) is 0 Å². The average molecular weight is 301 g/mol. The van der Waals surface area contributed by atoms with E-state index in [4.69, 9.17) is 4.42 Å². The van der Waals surface area contributed by atoms with E-state index in [1.54, 1.807) is 6.20 Å². The Bertz CT molecular complexity index is 645. The van der Waals surface area contributed by atoms with Crippen LogP contribution < -0.4 is 0 Å². The molecule has 0 spiro atoms. The Morgan fingerprint density at radius 3 is 2.91 bits per heavy atom. The largest absolute Gasteiger partial charge is 0.466 e. The molecule has 2 aromatic rings. The minimum absolute atomic E-state index is 0.158. The second-order valence-electron chi connectivity index (χ2n) is 6.16. The molecule has 1 saturated heterocycles. The summed E-state index contributed by atoms with van der Waals surface area (Å²) < 4.78 is 7.54. The highest BCUT2D eigenvalue weighted by Crippen LogP contribution is 2.28. The van der Waals surface area contributed by atoms with Crippen LogP contribution in [0.15, 0.2) is 28.9 Å². The molecular weight excluding hydrogens is 278 g/mol. The van der Waals surface area contributed by atoms with Crippen molar-refractivity contribution in [3.8, 4) is 0 Å². The van der Waals surface area contributed by atoms with Gasteiger partial charge >= 0.3 is 0 Å². The summed E-state index contributed by atoms with van der Waals surface area (Å²) in [7, 11) is 0. The molecular formula is C17H23N3O2. The monoisotopic (exact) mass is 301 g/mol. The van der Waals surface area contributed by atoms with Crippen LogP contribution in [-0.4, -0.2) is 33.7 Å². The molecule has 5 nitrogen and oxygen atoms in total. The van der Waals surface area contributed by atoms with Crippen LogP contribution >= 0.6 is 0 Å². The van der Waals surface area contributed by atoms with Gasteiger partial charge in [0.2, 0.25) is 5.91 Å². The maximum Gasteiger partial charge on any atom is 0.230 e. The van der Waals surface area contributed by atoms with Crippen molar-refractivity contribution in [1.29, 1.82) is 0 Å². The smallest absolute Gasteiger partial charge is 0.230 e. The van der Waals surface area contributed by atoms with Crippen molar-refractivity contribution in [3.63, 3.8) is 0 Å². The number of rotatable bonds is 3. The van der Waals surface area contributed by atoms with Crippen LogP contribution in [0.2, 0.25) is 0 Å². The first-order valence-electron chi connectivity index (χ1n) is 7.91. The van der Waals surface area contributed by atoms with E-state index in [9.17, 15) is 4.79 Å². The maximum absolute atomic E-state index is 12.8. The lowest BCUT2D eigenvalue weighted by atomic mass is 9.97. The molecule has 1 fully saturated rings. The van der Waals surface area contributed by atoms with Crippen molar-refractivity contribution >= 4 is 5.91 Å². The van der Waals surface area contributed by atoms with Crippen LogP contribution in [-0.2, 0) is 4.79 Å². The fourth-order valence-electron chi connectivity index (χ4n) is 3.35. The van der Waals surface area contributed by atoms with E-state index in [0.717, 1.165) is 43.0 Å². The van der Waals surface area contributed by atoms with E-state index >= 15 is 0 Å². The van der Waals surface area contributed by atoms with Crippen molar-refractivity contribution < 1.29 is 9.21 Å². The molecule has 3 rings (SSSR count). The van der Waals surface area contributed by atoms with Crippen molar-refractivity contribution in [3.05, 3.63) is 41.6 Å². The number of furan rings is 1. The topological polar surface area (TPSA) is 51.3 Å². The fourth-order valence-corrected chi connectivity index (χ4v) is 3.35. The molecule has 0 saturated carbocycles. The highest BCUT2D eigenvalue weighted by atomic mass is 16.3. The second-order valence-corrected chi connectivity index (χ2v) is 6.16. The number of aromatic nitrogens is 2. The van der Waals surface area contributed by atoms with Crippen molar-refractivity contribution in [2.24, 2.45) is 0 Å². The van der Waals surface area contributed by atoms with Gasteiger partial charge in [0, 0.05) is 31.0 Å². The number of hydrogen-bond donors (Lipinski definition) is 0. The van der Waals surface area contributed by atoms with Gasteiger partial charge in [0.05, 0.1) is 12.0 Å². The summed E-state index contributed by atoms with van der Waals surface area (Å²) in [4.78, 5) is 14.8. The minimum atomic E-state index is -0.158. The predicted molar refractivity (Wildman–Crippen MR) is 83.7 cm³/mol. The average Bonchev–Trinajstić information content (AvgIpc) is 3.15. The van der Waals surface area contributed by atoms with Crippen molar-refractivity contribution in [1.82, 2.24) is 14.7 Å². The third-order valence-electron chi connectivity index (χ3n) is 4.52. The summed E-state index contributed by atoms with van der Waals surface area (Å²) in [6.45, 7) is 7.38. The summed E-state index contributed by atoms with van der Waals surface area (Å²) in [6.07, 6.45) is 5.86. The third-order valence-corrected chi connectivity index (χ3v) is 4.52. The van der Waals surface area contributed by atoms with Gasteiger partial charge < -0.3 is 9.32 Å². The maximum atomic E-state index is 12.8. The number of aryl methyl sites for hydroxylation is 2. The second kappa shape index (κ2) is 5.99. The fraction of sp³-hybridized carbons (Fsp3) is 0.529.